The quantitative estimate of drug-likeness (QED) is 0.143. The molecule has 3 aliphatic rings. The number of rotatable bonds is 7. The minimum Gasteiger partial charge on any atom is -0.313 e. The van der Waals surface area contributed by atoms with Gasteiger partial charge in [-0.1, -0.05) is 161 Å². The second-order valence-electron chi connectivity index (χ2n) is 16.8. The summed E-state index contributed by atoms with van der Waals surface area (Å²) in [5.74, 6) is 1.07. The molecule has 0 amide bonds. The molecule has 4 atom stereocenters. The topological polar surface area (TPSA) is 9.86 Å². The van der Waals surface area contributed by atoms with E-state index in [1.54, 1.807) is 0 Å². The molecule has 0 fully saturated rings. The first-order valence-corrected chi connectivity index (χ1v) is 20.9. The van der Waals surface area contributed by atoms with Crippen LogP contribution in [0.1, 0.15) is 53.1 Å². The van der Waals surface area contributed by atoms with Crippen LogP contribution in [0.15, 0.2) is 171 Å². The molecular weight excluding hydrogens is 713 g/mol. The molecule has 2 nitrogen and oxygen atoms in total. The summed E-state index contributed by atoms with van der Waals surface area (Å²) in [5, 5.41) is 5.11. The fourth-order valence-corrected chi connectivity index (χ4v) is 11.3. The number of allylic oxidation sites excluding steroid dienone is 6. The fourth-order valence-electron chi connectivity index (χ4n) is 11.3. The lowest BCUT2D eigenvalue weighted by Crippen LogP contribution is -2.45. The van der Waals surface area contributed by atoms with Crippen LogP contribution in [-0.4, -0.2) is 9.13 Å². The van der Waals surface area contributed by atoms with Gasteiger partial charge in [0.2, 0.25) is 0 Å². The van der Waals surface area contributed by atoms with Crippen molar-refractivity contribution < 1.29 is 0 Å². The molecule has 2 heteroatoms. The summed E-state index contributed by atoms with van der Waals surface area (Å²) in [6.07, 6.45) is 15.8. The average molecular weight is 759 g/mol. The molecule has 0 saturated carbocycles. The molecule has 0 bridgehead atoms. The van der Waals surface area contributed by atoms with Gasteiger partial charge in [-0.2, -0.15) is 0 Å². The van der Waals surface area contributed by atoms with Crippen LogP contribution in [0.4, 0.5) is 0 Å². The SMILES string of the molecule is C=Cc1c(C)n(-c2ccc(C3=CC=C4c5cccc6c(-c7ccc(-n8c(C=C)c(C=C)c9ccccc98)cc7)ccc(c56)C5(C)C=CC(C)C3C45)cc2)c2ccccc12. The van der Waals surface area contributed by atoms with Gasteiger partial charge >= 0.3 is 0 Å². The van der Waals surface area contributed by atoms with Gasteiger partial charge in [0.05, 0.1) is 16.7 Å². The van der Waals surface area contributed by atoms with Gasteiger partial charge in [0.1, 0.15) is 0 Å². The predicted molar refractivity (Wildman–Crippen MR) is 253 cm³/mol. The highest BCUT2D eigenvalue weighted by atomic mass is 15.0. The number of hydrogen-bond acceptors (Lipinski definition) is 0. The van der Waals surface area contributed by atoms with Crippen molar-refractivity contribution in [2.45, 2.75) is 26.2 Å². The maximum atomic E-state index is 4.17. The van der Waals surface area contributed by atoms with Crippen LogP contribution < -0.4 is 0 Å². The predicted octanol–water partition coefficient (Wildman–Crippen LogP) is 14.8. The second-order valence-corrected chi connectivity index (χ2v) is 16.8. The van der Waals surface area contributed by atoms with Gasteiger partial charge in [-0.3, -0.25) is 0 Å². The summed E-state index contributed by atoms with van der Waals surface area (Å²) >= 11 is 0. The first-order chi connectivity index (χ1) is 28.9. The molecule has 0 saturated heterocycles. The number of hydrogen-bond donors (Lipinski definition) is 0. The van der Waals surface area contributed by atoms with E-state index in [1.807, 2.05) is 18.2 Å². The normalized spacial score (nSPS) is 20.4. The molecular formula is C57H46N2. The Morgan fingerprint density at radius 3 is 1.88 bits per heavy atom. The zero-order valence-electron chi connectivity index (χ0n) is 33.9. The van der Waals surface area contributed by atoms with E-state index in [-0.39, 0.29) is 5.41 Å². The Bertz CT molecular complexity index is 3190. The fraction of sp³-hybridized carbons (Fsp3) is 0.123. The van der Waals surface area contributed by atoms with Crippen LogP contribution >= 0.6 is 0 Å². The summed E-state index contributed by atoms with van der Waals surface area (Å²) in [6, 6.07) is 47.2. The molecule has 0 spiro atoms. The highest BCUT2D eigenvalue weighted by Gasteiger charge is 2.51. The zero-order chi connectivity index (χ0) is 40.2. The lowest BCUT2D eigenvalue weighted by atomic mass is 9.51. The molecule has 0 N–H and O–H groups in total. The Balaban J connectivity index is 1.01. The largest absolute Gasteiger partial charge is 0.313 e. The van der Waals surface area contributed by atoms with Crippen molar-refractivity contribution in [1.82, 2.24) is 9.13 Å². The summed E-state index contributed by atoms with van der Waals surface area (Å²) < 4.78 is 4.67. The molecule has 2 aromatic heterocycles. The van der Waals surface area contributed by atoms with Crippen molar-refractivity contribution in [3.63, 3.8) is 0 Å². The molecule has 59 heavy (non-hydrogen) atoms. The minimum absolute atomic E-state index is 0.154. The van der Waals surface area contributed by atoms with Crippen LogP contribution in [0, 0.1) is 24.7 Å². The van der Waals surface area contributed by atoms with E-state index < -0.39 is 0 Å². The number of fused-ring (bicyclic) bond motifs is 4. The smallest absolute Gasteiger partial charge is 0.0541 e. The maximum absolute atomic E-state index is 4.17. The average Bonchev–Trinajstić information content (AvgIpc) is 3.76. The molecule has 3 aliphatic carbocycles. The number of aromatic nitrogens is 2. The maximum Gasteiger partial charge on any atom is 0.0541 e. The molecule has 284 valence electrons. The standard InChI is InChI=1S/C57H46N2/c1-7-41-36(5)58(52-19-12-10-15-45(41)52)39-25-23-38(24-26-39)44-29-30-49-48-18-14-17-47-43(31-32-50(55(47)48)57(6)34-33-35(4)54(44)56(49)57)37-21-27-40(28-22-37)59-51(9-3)42(8-2)46-16-11-13-20-53(46)59/h7-35,54,56H,1-3H2,4-6H3. The monoisotopic (exact) mass is 758 g/mol. The van der Waals surface area contributed by atoms with Gasteiger partial charge in [-0.15, -0.1) is 0 Å². The van der Waals surface area contributed by atoms with E-state index in [9.17, 15) is 0 Å². The zero-order valence-corrected chi connectivity index (χ0v) is 33.9. The Hall–Kier alpha value is -6.90. The third-order valence-electron chi connectivity index (χ3n) is 14.0. The van der Waals surface area contributed by atoms with Gasteiger partial charge in [0.15, 0.2) is 0 Å². The number of benzene rings is 6. The lowest BCUT2D eigenvalue weighted by Gasteiger charge is -2.52. The number of nitrogens with zero attached hydrogens (tertiary/aromatic N) is 2. The third-order valence-corrected chi connectivity index (χ3v) is 14.0. The van der Waals surface area contributed by atoms with Crippen LogP contribution in [0.2, 0.25) is 0 Å². The molecule has 0 aliphatic heterocycles. The van der Waals surface area contributed by atoms with Crippen LogP contribution in [0.5, 0.6) is 0 Å². The molecule has 8 aromatic rings. The Morgan fingerprint density at radius 2 is 1.19 bits per heavy atom. The highest BCUT2D eigenvalue weighted by Crippen LogP contribution is 2.61. The van der Waals surface area contributed by atoms with E-state index in [2.05, 4.69) is 201 Å². The summed E-state index contributed by atoms with van der Waals surface area (Å²) in [7, 11) is 0. The lowest BCUT2D eigenvalue weighted by molar-refractivity contribution is 0.289. The van der Waals surface area contributed by atoms with Crippen LogP contribution in [-0.2, 0) is 5.41 Å². The summed E-state index contributed by atoms with van der Waals surface area (Å²) in [5.41, 5.74) is 18.5. The van der Waals surface area contributed by atoms with Crippen molar-refractivity contribution in [2.75, 3.05) is 0 Å². The summed E-state index contributed by atoms with van der Waals surface area (Å²) in [6.45, 7) is 19.5. The van der Waals surface area contributed by atoms with E-state index in [0.717, 1.165) is 22.5 Å². The van der Waals surface area contributed by atoms with Gasteiger partial charge in [-0.05, 0) is 111 Å². The van der Waals surface area contributed by atoms with Crippen molar-refractivity contribution in [1.29, 1.82) is 0 Å². The Kier molecular flexibility index (Phi) is 7.81. The van der Waals surface area contributed by atoms with Gasteiger partial charge in [0.25, 0.3) is 0 Å². The molecule has 0 radical (unpaired) electrons. The Morgan fingerprint density at radius 1 is 0.576 bits per heavy atom. The first kappa shape index (κ1) is 35.3. The van der Waals surface area contributed by atoms with Gasteiger partial charge < -0.3 is 9.13 Å². The Labute approximate surface area is 346 Å². The third kappa shape index (κ3) is 4.87. The minimum atomic E-state index is -0.154. The van der Waals surface area contributed by atoms with Gasteiger partial charge in [-0.25, -0.2) is 0 Å². The van der Waals surface area contributed by atoms with Crippen LogP contribution in [0.3, 0.4) is 0 Å². The molecule has 4 unspecified atom stereocenters. The molecule has 2 heterocycles. The second kappa shape index (κ2) is 13.1. The van der Waals surface area contributed by atoms with Crippen molar-refractivity contribution in [3.05, 3.63) is 211 Å². The van der Waals surface area contributed by atoms with E-state index >= 15 is 0 Å². The van der Waals surface area contributed by atoms with Gasteiger partial charge in [0, 0.05) is 50.3 Å². The van der Waals surface area contributed by atoms with E-state index in [1.165, 1.54) is 83.0 Å². The van der Waals surface area contributed by atoms with Crippen LogP contribution in [0.25, 0.3) is 84.5 Å². The van der Waals surface area contributed by atoms with Crippen molar-refractivity contribution >= 4 is 62.0 Å². The van der Waals surface area contributed by atoms with Crippen molar-refractivity contribution in [3.8, 4) is 22.5 Å². The van der Waals surface area contributed by atoms with E-state index in [0.29, 0.717) is 17.8 Å². The van der Waals surface area contributed by atoms with E-state index in [4.69, 9.17) is 0 Å². The molecule has 11 rings (SSSR count). The first-order valence-electron chi connectivity index (χ1n) is 20.9. The molecule has 6 aromatic carbocycles. The summed E-state index contributed by atoms with van der Waals surface area (Å²) in [4.78, 5) is 0. The highest BCUT2D eigenvalue weighted by molar-refractivity contribution is 6.08. The van der Waals surface area contributed by atoms with Crippen molar-refractivity contribution in [2.24, 2.45) is 17.8 Å². The number of para-hydroxylation sites is 2.